The van der Waals surface area contributed by atoms with Crippen LogP contribution < -0.4 is 5.32 Å². The van der Waals surface area contributed by atoms with Crippen LogP contribution in [0.15, 0.2) is 48.5 Å². The number of ether oxygens (including phenoxy) is 2. The molecule has 0 saturated carbocycles. The molecule has 3 fully saturated rings. The van der Waals surface area contributed by atoms with Gasteiger partial charge in [0.2, 0.25) is 11.8 Å². The summed E-state index contributed by atoms with van der Waals surface area (Å²) in [7, 11) is 0. The lowest BCUT2D eigenvalue weighted by molar-refractivity contribution is -0.385. The Morgan fingerprint density at radius 3 is 2.28 bits per heavy atom. The van der Waals surface area contributed by atoms with E-state index < -0.39 is 34.1 Å². The van der Waals surface area contributed by atoms with E-state index in [-0.39, 0.29) is 66.3 Å². The summed E-state index contributed by atoms with van der Waals surface area (Å²) in [6.07, 6.45) is 0.367. The van der Waals surface area contributed by atoms with Crippen molar-refractivity contribution < 1.29 is 38.5 Å². The molecule has 5 rings (SSSR count). The second-order valence-electron chi connectivity index (χ2n) is 11.6. The van der Waals surface area contributed by atoms with Gasteiger partial charge in [0.25, 0.3) is 11.4 Å². The SMILES string of the molecule is O=C(N[C@@H]1CCN(C(=O)[C@@H]2C[C@H](S)CN2C(=O)OCc2ccc([N+](=O)[O-])cc2)C1)[C@@H]1CCCN1C(=O)OCc1ccccc1[N+](=O)[O-]. The maximum atomic E-state index is 13.5. The molecule has 16 nitrogen and oxygen atoms in total. The zero-order valence-corrected chi connectivity index (χ0v) is 26.2. The minimum atomic E-state index is -0.795. The number of para-hydroxylation sites is 1. The molecule has 1 N–H and O–H groups in total. The Bertz CT molecular complexity index is 1540. The van der Waals surface area contributed by atoms with Crippen LogP contribution in [0.25, 0.3) is 0 Å². The Morgan fingerprint density at radius 1 is 0.851 bits per heavy atom. The quantitative estimate of drug-likeness (QED) is 0.227. The summed E-state index contributed by atoms with van der Waals surface area (Å²) < 4.78 is 10.7. The van der Waals surface area contributed by atoms with Gasteiger partial charge in [-0.05, 0) is 49.4 Å². The van der Waals surface area contributed by atoms with Gasteiger partial charge in [0, 0.05) is 55.7 Å². The fraction of sp³-hybridized carbons (Fsp3) is 0.467. The number of hydrogen-bond acceptors (Lipinski definition) is 11. The molecule has 4 amide bonds. The maximum absolute atomic E-state index is 13.5. The summed E-state index contributed by atoms with van der Waals surface area (Å²) in [5.74, 6) is -0.663. The van der Waals surface area contributed by atoms with Crippen LogP contribution in [0, 0.1) is 20.2 Å². The molecule has 0 spiro atoms. The average molecular weight is 671 g/mol. The zero-order valence-electron chi connectivity index (χ0n) is 25.3. The van der Waals surface area contributed by atoms with Crippen LogP contribution in [0.2, 0.25) is 0 Å². The predicted octanol–water partition coefficient (Wildman–Crippen LogP) is 3.03. The highest BCUT2D eigenvalue weighted by Gasteiger charge is 2.43. The fourth-order valence-electron chi connectivity index (χ4n) is 6.07. The van der Waals surface area contributed by atoms with Crippen LogP contribution in [0.1, 0.15) is 36.8 Å². The molecule has 0 unspecified atom stereocenters. The lowest BCUT2D eigenvalue weighted by atomic mass is 10.1. The zero-order chi connectivity index (χ0) is 33.7. The molecule has 250 valence electrons. The number of carbonyl (C=O) groups is 4. The van der Waals surface area contributed by atoms with Gasteiger partial charge >= 0.3 is 12.2 Å². The standard InChI is InChI=1S/C30H34N6O10S/c37-27(25-6-3-12-33(25)29(39)46-18-20-4-1-2-5-24(20)36(43)44)31-21-11-13-32(15-21)28(38)26-14-23(47)16-34(26)30(40)45-17-19-7-9-22(10-8-19)35(41)42/h1-2,4-5,7-10,21,23,25-26,47H,3,6,11-18H2,(H,31,37)/t21-,23+,25+,26+/m1/s1. The lowest BCUT2D eigenvalue weighted by Gasteiger charge is -2.28. The van der Waals surface area contributed by atoms with Crippen molar-refractivity contribution >= 4 is 48.0 Å². The second-order valence-corrected chi connectivity index (χ2v) is 12.3. The number of nitrogens with one attached hydrogen (secondary N) is 1. The first-order valence-electron chi connectivity index (χ1n) is 15.1. The molecule has 4 atom stereocenters. The van der Waals surface area contributed by atoms with E-state index in [9.17, 15) is 39.4 Å². The third-order valence-electron chi connectivity index (χ3n) is 8.48. The van der Waals surface area contributed by atoms with Crippen molar-refractivity contribution in [1.82, 2.24) is 20.0 Å². The normalized spacial score (nSPS) is 22.2. The van der Waals surface area contributed by atoms with Crippen LogP contribution in [-0.4, -0.2) is 98.1 Å². The monoisotopic (exact) mass is 670 g/mol. The molecule has 0 aromatic heterocycles. The Morgan fingerprint density at radius 2 is 1.55 bits per heavy atom. The lowest BCUT2D eigenvalue weighted by Crippen LogP contribution is -2.51. The molecule has 0 aliphatic carbocycles. The highest BCUT2D eigenvalue weighted by atomic mass is 32.1. The summed E-state index contributed by atoms with van der Waals surface area (Å²) in [6.45, 7) is 0.648. The first kappa shape index (κ1) is 33.4. The van der Waals surface area contributed by atoms with Crippen molar-refractivity contribution in [2.75, 3.05) is 26.2 Å². The smallest absolute Gasteiger partial charge is 0.410 e. The number of amides is 4. The van der Waals surface area contributed by atoms with Gasteiger partial charge in [-0.15, -0.1) is 0 Å². The van der Waals surface area contributed by atoms with Gasteiger partial charge < -0.3 is 19.7 Å². The number of thiol groups is 1. The molecule has 2 aromatic carbocycles. The van der Waals surface area contributed by atoms with Crippen LogP contribution in [0.4, 0.5) is 21.0 Å². The molecule has 3 aliphatic rings. The third kappa shape index (κ3) is 7.90. The Labute approximate surface area is 274 Å². The Kier molecular flexibility index (Phi) is 10.4. The summed E-state index contributed by atoms with van der Waals surface area (Å²) >= 11 is 4.49. The van der Waals surface area contributed by atoms with E-state index >= 15 is 0 Å². The minimum absolute atomic E-state index is 0.0831. The first-order chi connectivity index (χ1) is 22.5. The van der Waals surface area contributed by atoms with Gasteiger partial charge in [0.05, 0.1) is 15.4 Å². The largest absolute Gasteiger partial charge is 0.445 e. The predicted molar refractivity (Wildman–Crippen MR) is 167 cm³/mol. The Balaban J connectivity index is 1.11. The van der Waals surface area contributed by atoms with E-state index in [1.807, 2.05) is 0 Å². The van der Waals surface area contributed by atoms with Crippen molar-refractivity contribution in [3.63, 3.8) is 0 Å². The maximum Gasteiger partial charge on any atom is 0.410 e. The van der Waals surface area contributed by atoms with E-state index in [0.717, 1.165) is 0 Å². The summed E-state index contributed by atoms with van der Waals surface area (Å²) in [4.78, 5) is 77.8. The third-order valence-corrected chi connectivity index (χ3v) is 8.86. The van der Waals surface area contributed by atoms with E-state index in [1.165, 1.54) is 52.3 Å². The van der Waals surface area contributed by atoms with E-state index in [1.54, 1.807) is 11.0 Å². The molecule has 0 radical (unpaired) electrons. The van der Waals surface area contributed by atoms with Crippen LogP contribution in [0.5, 0.6) is 0 Å². The average Bonchev–Trinajstić information content (AvgIpc) is 3.82. The number of nitro benzene ring substituents is 2. The number of carbonyl (C=O) groups excluding carboxylic acids is 4. The van der Waals surface area contributed by atoms with Gasteiger partial charge in [-0.25, -0.2) is 9.59 Å². The number of nitrogens with zero attached hydrogens (tertiary/aromatic N) is 5. The van der Waals surface area contributed by atoms with Gasteiger partial charge in [-0.3, -0.25) is 39.6 Å². The van der Waals surface area contributed by atoms with Gasteiger partial charge in [-0.1, -0.05) is 12.1 Å². The molecule has 17 heteroatoms. The molecule has 0 bridgehead atoms. The van der Waals surface area contributed by atoms with E-state index in [4.69, 9.17) is 9.47 Å². The number of hydrogen-bond donors (Lipinski definition) is 2. The van der Waals surface area contributed by atoms with Crippen molar-refractivity contribution in [3.05, 3.63) is 79.9 Å². The molecule has 3 aliphatic heterocycles. The van der Waals surface area contributed by atoms with Gasteiger partial charge in [0.15, 0.2) is 0 Å². The molecule has 47 heavy (non-hydrogen) atoms. The topological polar surface area (TPSA) is 195 Å². The first-order valence-corrected chi connectivity index (χ1v) is 15.6. The van der Waals surface area contributed by atoms with Crippen molar-refractivity contribution in [2.24, 2.45) is 0 Å². The Hall–Kier alpha value is -4.93. The summed E-state index contributed by atoms with van der Waals surface area (Å²) in [6, 6.07) is 9.61. The van der Waals surface area contributed by atoms with Crippen LogP contribution >= 0.6 is 12.6 Å². The molecular weight excluding hydrogens is 636 g/mol. The molecule has 3 saturated heterocycles. The molecular formula is C30H34N6O10S. The van der Waals surface area contributed by atoms with Gasteiger partial charge in [0.1, 0.15) is 25.3 Å². The van der Waals surface area contributed by atoms with E-state index in [0.29, 0.717) is 44.3 Å². The van der Waals surface area contributed by atoms with Crippen LogP contribution in [-0.2, 0) is 32.3 Å². The summed E-state index contributed by atoms with van der Waals surface area (Å²) in [5, 5.41) is 24.8. The van der Waals surface area contributed by atoms with Crippen molar-refractivity contribution in [1.29, 1.82) is 0 Å². The highest BCUT2D eigenvalue weighted by Crippen LogP contribution is 2.27. The molecule has 2 aromatic rings. The van der Waals surface area contributed by atoms with Gasteiger partial charge in [-0.2, -0.15) is 12.6 Å². The number of benzene rings is 2. The molecule has 3 heterocycles. The second kappa shape index (κ2) is 14.7. The number of rotatable bonds is 9. The number of nitro groups is 2. The van der Waals surface area contributed by atoms with Crippen molar-refractivity contribution in [2.45, 2.75) is 62.3 Å². The number of non-ortho nitro benzene ring substituents is 1. The summed E-state index contributed by atoms with van der Waals surface area (Å²) in [5.41, 5.74) is 0.548. The van der Waals surface area contributed by atoms with E-state index in [2.05, 4.69) is 17.9 Å². The number of likely N-dealkylation sites (tertiary alicyclic amines) is 3. The van der Waals surface area contributed by atoms with Crippen LogP contribution in [0.3, 0.4) is 0 Å². The highest BCUT2D eigenvalue weighted by molar-refractivity contribution is 7.81. The fourth-order valence-corrected chi connectivity index (χ4v) is 6.44. The minimum Gasteiger partial charge on any atom is -0.445 e. The van der Waals surface area contributed by atoms with Crippen molar-refractivity contribution in [3.8, 4) is 0 Å².